The van der Waals surface area contributed by atoms with Crippen LogP contribution in [0.25, 0.3) is 0 Å². The van der Waals surface area contributed by atoms with Crippen LogP contribution in [0.4, 0.5) is 0 Å². The van der Waals surface area contributed by atoms with Crippen LogP contribution in [-0.2, 0) is 13.0 Å². The SMILES string of the molecule is Clc1cccc(Cc2ccc(OCCCn3cccn3)c(Cl)c2)c1. The molecule has 0 unspecified atom stereocenters. The van der Waals surface area contributed by atoms with Gasteiger partial charge in [-0.15, -0.1) is 0 Å². The molecule has 3 nitrogen and oxygen atoms in total. The molecular weight excluding hydrogens is 343 g/mol. The molecule has 0 radical (unpaired) electrons. The van der Waals surface area contributed by atoms with E-state index in [4.69, 9.17) is 27.9 Å². The van der Waals surface area contributed by atoms with Crippen molar-refractivity contribution in [2.24, 2.45) is 0 Å². The predicted molar refractivity (Wildman–Crippen MR) is 98.0 cm³/mol. The van der Waals surface area contributed by atoms with E-state index < -0.39 is 0 Å². The summed E-state index contributed by atoms with van der Waals surface area (Å²) in [4.78, 5) is 0. The summed E-state index contributed by atoms with van der Waals surface area (Å²) in [6.07, 6.45) is 5.39. The fourth-order valence-corrected chi connectivity index (χ4v) is 2.97. The monoisotopic (exact) mass is 360 g/mol. The average Bonchev–Trinajstić information content (AvgIpc) is 3.07. The van der Waals surface area contributed by atoms with Gasteiger partial charge in [0.15, 0.2) is 0 Å². The van der Waals surface area contributed by atoms with Gasteiger partial charge in [0.2, 0.25) is 0 Å². The summed E-state index contributed by atoms with van der Waals surface area (Å²) in [5.74, 6) is 0.715. The zero-order valence-corrected chi connectivity index (χ0v) is 14.7. The number of aryl methyl sites for hydroxylation is 1. The second kappa shape index (κ2) is 8.22. The van der Waals surface area contributed by atoms with Crippen molar-refractivity contribution in [3.8, 4) is 5.75 Å². The lowest BCUT2D eigenvalue weighted by Gasteiger charge is -2.10. The zero-order chi connectivity index (χ0) is 16.8. The molecule has 0 amide bonds. The first-order valence-electron chi connectivity index (χ1n) is 7.84. The topological polar surface area (TPSA) is 27.1 Å². The molecule has 2 aromatic carbocycles. The Balaban J connectivity index is 1.54. The number of benzene rings is 2. The Bertz CT molecular complexity index is 788. The van der Waals surface area contributed by atoms with Gasteiger partial charge >= 0.3 is 0 Å². The van der Waals surface area contributed by atoms with Crippen LogP contribution >= 0.6 is 23.2 Å². The van der Waals surface area contributed by atoms with Crippen LogP contribution in [0.15, 0.2) is 60.9 Å². The number of hydrogen-bond donors (Lipinski definition) is 0. The number of rotatable bonds is 7. The Morgan fingerprint density at radius 2 is 1.88 bits per heavy atom. The average molecular weight is 361 g/mol. The Labute approximate surface area is 151 Å². The summed E-state index contributed by atoms with van der Waals surface area (Å²) in [5.41, 5.74) is 2.29. The van der Waals surface area contributed by atoms with E-state index in [0.717, 1.165) is 35.5 Å². The second-order valence-electron chi connectivity index (χ2n) is 5.54. The van der Waals surface area contributed by atoms with Crippen molar-refractivity contribution in [2.45, 2.75) is 19.4 Å². The van der Waals surface area contributed by atoms with Gasteiger partial charge in [-0.2, -0.15) is 5.10 Å². The minimum absolute atomic E-state index is 0.604. The third-order valence-electron chi connectivity index (χ3n) is 3.64. The van der Waals surface area contributed by atoms with Gasteiger partial charge in [0, 0.05) is 30.4 Å². The Kier molecular flexibility index (Phi) is 5.78. The van der Waals surface area contributed by atoms with Crippen molar-refractivity contribution >= 4 is 23.2 Å². The number of halogens is 2. The smallest absolute Gasteiger partial charge is 0.137 e. The highest BCUT2D eigenvalue weighted by Crippen LogP contribution is 2.27. The van der Waals surface area contributed by atoms with Crippen LogP contribution in [0, 0.1) is 0 Å². The van der Waals surface area contributed by atoms with E-state index >= 15 is 0 Å². The minimum Gasteiger partial charge on any atom is -0.492 e. The Hall–Kier alpha value is -1.97. The van der Waals surface area contributed by atoms with E-state index in [1.165, 1.54) is 0 Å². The van der Waals surface area contributed by atoms with Gasteiger partial charge in [-0.05, 0) is 47.9 Å². The van der Waals surface area contributed by atoms with Crippen LogP contribution < -0.4 is 4.74 Å². The summed E-state index contributed by atoms with van der Waals surface area (Å²) in [5, 5.41) is 5.54. The second-order valence-corrected chi connectivity index (χ2v) is 6.39. The minimum atomic E-state index is 0.604. The van der Waals surface area contributed by atoms with Gasteiger partial charge in [0.05, 0.1) is 11.6 Å². The van der Waals surface area contributed by atoms with E-state index in [9.17, 15) is 0 Å². The van der Waals surface area contributed by atoms with Gasteiger partial charge in [-0.1, -0.05) is 41.4 Å². The maximum absolute atomic E-state index is 6.34. The summed E-state index contributed by atoms with van der Waals surface area (Å²) in [7, 11) is 0. The molecule has 1 aromatic heterocycles. The largest absolute Gasteiger partial charge is 0.492 e. The molecule has 0 N–H and O–H groups in total. The third kappa shape index (κ3) is 4.76. The molecule has 3 aromatic rings. The van der Waals surface area contributed by atoms with Crippen molar-refractivity contribution in [3.63, 3.8) is 0 Å². The first-order valence-corrected chi connectivity index (χ1v) is 8.59. The molecule has 0 saturated carbocycles. The molecule has 1 heterocycles. The van der Waals surface area contributed by atoms with Gasteiger partial charge in [-0.25, -0.2) is 0 Å². The van der Waals surface area contributed by atoms with Crippen LogP contribution in [-0.4, -0.2) is 16.4 Å². The van der Waals surface area contributed by atoms with Gasteiger partial charge in [-0.3, -0.25) is 4.68 Å². The lowest BCUT2D eigenvalue weighted by Crippen LogP contribution is -2.05. The van der Waals surface area contributed by atoms with Crippen molar-refractivity contribution < 1.29 is 4.74 Å². The molecule has 0 bridgehead atoms. The van der Waals surface area contributed by atoms with Gasteiger partial charge in [0.1, 0.15) is 5.75 Å². The Morgan fingerprint density at radius 3 is 2.62 bits per heavy atom. The fourth-order valence-electron chi connectivity index (χ4n) is 2.50. The van der Waals surface area contributed by atoms with Crippen LogP contribution in [0.2, 0.25) is 10.0 Å². The highest BCUT2D eigenvalue weighted by Gasteiger charge is 2.05. The van der Waals surface area contributed by atoms with Gasteiger partial charge < -0.3 is 4.74 Å². The van der Waals surface area contributed by atoms with Gasteiger partial charge in [0.25, 0.3) is 0 Å². The fraction of sp³-hybridized carbons (Fsp3) is 0.211. The first kappa shape index (κ1) is 16.9. The maximum atomic E-state index is 6.34. The molecule has 5 heteroatoms. The molecule has 0 saturated heterocycles. The van der Waals surface area contributed by atoms with E-state index in [-0.39, 0.29) is 0 Å². The Morgan fingerprint density at radius 1 is 1.00 bits per heavy atom. The van der Waals surface area contributed by atoms with E-state index in [0.29, 0.717) is 17.4 Å². The van der Waals surface area contributed by atoms with E-state index in [2.05, 4.69) is 11.2 Å². The highest BCUT2D eigenvalue weighted by molar-refractivity contribution is 6.32. The zero-order valence-electron chi connectivity index (χ0n) is 13.2. The number of aromatic nitrogens is 2. The predicted octanol–water partition coefficient (Wildman–Crippen LogP) is 5.25. The molecule has 0 spiro atoms. The molecular formula is C19H18Cl2N2O. The van der Waals surface area contributed by atoms with Crippen molar-refractivity contribution in [1.29, 1.82) is 0 Å². The molecule has 3 rings (SSSR count). The lowest BCUT2D eigenvalue weighted by molar-refractivity contribution is 0.299. The van der Waals surface area contributed by atoms with Crippen LogP contribution in [0.5, 0.6) is 5.75 Å². The van der Waals surface area contributed by atoms with Crippen LogP contribution in [0.1, 0.15) is 17.5 Å². The molecule has 0 aliphatic rings. The first-order chi connectivity index (χ1) is 11.7. The van der Waals surface area contributed by atoms with Crippen LogP contribution in [0.3, 0.4) is 0 Å². The molecule has 0 fully saturated rings. The molecule has 24 heavy (non-hydrogen) atoms. The van der Waals surface area contributed by atoms with E-state index in [1.54, 1.807) is 6.20 Å². The third-order valence-corrected chi connectivity index (χ3v) is 4.17. The molecule has 0 aliphatic heterocycles. The summed E-state index contributed by atoms with van der Waals surface area (Å²) >= 11 is 12.4. The molecule has 0 atom stereocenters. The highest BCUT2D eigenvalue weighted by atomic mass is 35.5. The molecule has 124 valence electrons. The lowest BCUT2D eigenvalue weighted by atomic mass is 10.1. The maximum Gasteiger partial charge on any atom is 0.137 e. The summed E-state index contributed by atoms with van der Waals surface area (Å²) in [6, 6.07) is 15.7. The summed E-state index contributed by atoms with van der Waals surface area (Å²) < 4.78 is 7.65. The normalized spacial score (nSPS) is 10.8. The number of nitrogens with zero attached hydrogens (tertiary/aromatic N) is 2. The number of ether oxygens (including phenoxy) is 1. The van der Waals surface area contributed by atoms with E-state index in [1.807, 2.05) is 53.3 Å². The van der Waals surface area contributed by atoms with Crippen molar-refractivity contribution in [2.75, 3.05) is 6.61 Å². The number of hydrogen-bond acceptors (Lipinski definition) is 2. The summed E-state index contributed by atoms with van der Waals surface area (Å²) in [6.45, 7) is 1.44. The van der Waals surface area contributed by atoms with Crippen molar-refractivity contribution in [1.82, 2.24) is 9.78 Å². The van der Waals surface area contributed by atoms with Crippen molar-refractivity contribution in [3.05, 3.63) is 82.1 Å². The standard InChI is InChI=1S/C19H18Cl2N2O/c20-17-5-1-4-15(13-17)12-16-6-7-19(18(21)14-16)24-11-3-10-23-9-2-8-22-23/h1-2,4-9,13-14H,3,10-12H2. The molecule has 0 aliphatic carbocycles. The quantitative estimate of drug-likeness (QED) is 0.538.